The molecule has 0 spiro atoms. The van der Waals surface area contributed by atoms with Gasteiger partial charge in [-0.3, -0.25) is 4.79 Å². The van der Waals surface area contributed by atoms with Crippen molar-refractivity contribution in [3.05, 3.63) is 65.2 Å². The fraction of sp³-hybridized carbons (Fsp3) is 0.316. The molecular formula is C19H21NO. The van der Waals surface area contributed by atoms with Crippen LogP contribution in [0.5, 0.6) is 0 Å². The van der Waals surface area contributed by atoms with E-state index in [2.05, 4.69) is 30.4 Å². The Morgan fingerprint density at radius 2 is 1.95 bits per heavy atom. The minimum atomic E-state index is -0.0479. The van der Waals surface area contributed by atoms with E-state index >= 15 is 0 Å². The smallest absolute Gasteiger partial charge is 0.231 e. The highest BCUT2D eigenvalue weighted by molar-refractivity contribution is 5.97. The Hall–Kier alpha value is -2.09. The van der Waals surface area contributed by atoms with E-state index in [1.165, 1.54) is 11.1 Å². The molecule has 0 saturated carbocycles. The van der Waals surface area contributed by atoms with Crippen molar-refractivity contribution in [2.24, 2.45) is 0 Å². The topological polar surface area (TPSA) is 29.1 Å². The molecule has 0 saturated heterocycles. The predicted molar refractivity (Wildman–Crippen MR) is 86.6 cm³/mol. The van der Waals surface area contributed by atoms with E-state index in [1.54, 1.807) is 0 Å². The lowest BCUT2D eigenvalue weighted by Gasteiger charge is -2.13. The first-order valence-corrected chi connectivity index (χ1v) is 7.75. The third kappa shape index (κ3) is 2.99. The Morgan fingerprint density at radius 3 is 2.71 bits per heavy atom. The summed E-state index contributed by atoms with van der Waals surface area (Å²) < 4.78 is 0. The van der Waals surface area contributed by atoms with Gasteiger partial charge in [-0.1, -0.05) is 55.8 Å². The first kappa shape index (κ1) is 13.9. The van der Waals surface area contributed by atoms with Crippen LogP contribution in [0, 0.1) is 0 Å². The number of carbonyl (C=O) groups is 1. The maximum absolute atomic E-state index is 12.5. The molecule has 1 amide bonds. The Labute approximate surface area is 126 Å². The van der Waals surface area contributed by atoms with Gasteiger partial charge >= 0.3 is 0 Å². The van der Waals surface area contributed by atoms with Gasteiger partial charge in [-0.2, -0.15) is 0 Å². The molecule has 0 bridgehead atoms. The number of anilines is 1. The van der Waals surface area contributed by atoms with E-state index in [9.17, 15) is 4.79 Å². The number of aryl methyl sites for hydroxylation is 2. The number of nitrogens with one attached hydrogen (secondary N) is 1. The summed E-state index contributed by atoms with van der Waals surface area (Å²) in [5.74, 6) is 0.0661. The van der Waals surface area contributed by atoms with Crippen LogP contribution in [-0.2, 0) is 17.6 Å². The van der Waals surface area contributed by atoms with Crippen LogP contribution in [0.25, 0.3) is 0 Å². The molecule has 1 atom stereocenters. The van der Waals surface area contributed by atoms with Gasteiger partial charge in [0.25, 0.3) is 0 Å². The summed E-state index contributed by atoms with van der Waals surface area (Å²) in [6.45, 7) is 2.19. The summed E-state index contributed by atoms with van der Waals surface area (Å²) in [7, 11) is 0. The van der Waals surface area contributed by atoms with Crippen LogP contribution >= 0.6 is 0 Å². The lowest BCUT2D eigenvalue weighted by Crippen LogP contribution is -2.19. The van der Waals surface area contributed by atoms with Crippen LogP contribution in [-0.4, -0.2) is 5.91 Å². The van der Waals surface area contributed by atoms with Crippen LogP contribution in [0.4, 0.5) is 5.69 Å². The number of hydrogen-bond donors (Lipinski definition) is 1. The molecule has 2 aromatic rings. The van der Waals surface area contributed by atoms with Gasteiger partial charge in [0, 0.05) is 5.69 Å². The largest absolute Gasteiger partial charge is 0.325 e. The van der Waals surface area contributed by atoms with Crippen LogP contribution in [0.3, 0.4) is 0 Å². The molecule has 0 fully saturated rings. The number of benzene rings is 2. The lowest BCUT2D eigenvalue weighted by molar-refractivity contribution is -0.117. The summed E-state index contributed by atoms with van der Waals surface area (Å²) in [5.41, 5.74) is 4.73. The van der Waals surface area contributed by atoms with Gasteiger partial charge < -0.3 is 5.32 Å². The Kier molecular flexibility index (Phi) is 4.05. The molecule has 21 heavy (non-hydrogen) atoms. The molecule has 0 aliphatic carbocycles. The molecule has 108 valence electrons. The molecule has 2 heteroatoms. The maximum Gasteiger partial charge on any atom is 0.231 e. The Balaban J connectivity index is 1.86. The van der Waals surface area contributed by atoms with Crippen molar-refractivity contribution < 1.29 is 4.79 Å². The standard InChI is InChI=1S/C19H21NO/c1-2-6-14-9-12-18-16(13-14)10-11-17(19(21)20-18)15-7-4-3-5-8-15/h3-5,7-9,12-13,17H,2,6,10-11H2,1H3,(H,20,21). The van der Waals surface area contributed by atoms with Crippen molar-refractivity contribution in [1.82, 2.24) is 0 Å². The second-order valence-electron chi connectivity index (χ2n) is 5.73. The summed E-state index contributed by atoms with van der Waals surface area (Å²) in [6, 6.07) is 16.5. The molecule has 1 unspecified atom stereocenters. The minimum absolute atomic E-state index is 0.0479. The van der Waals surface area contributed by atoms with E-state index in [0.29, 0.717) is 0 Å². The summed E-state index contributed by atoms with van der Waals surface area (Å²) in [5, 5.41) is 3.10. The van der Waals surface area contributed by atoms with Gasteiger partial charge in [-0.05, 0) is 42.0 Å². The quantitative estimate of drug-likeness (QED) is 0.891. The predicted octanol–water partition coefficient (Wildman–Crippen LogP) is 4.31. The fourth-order valence-electron chi connectivity index (χ4n) is 3.07. The average Bonchev–Trinajstić information content (AvgIpc) is 2.67. The number of fused-ring (bicyclic) bond motifs is 1. The highest BCUT2D eigenvalue weighted by Gasteiger charge is 2.24. The zero-order valence-electron chi connectivity index (χ0n) is 12.4. The molecule has 3 rings (SSSR count). The van der Waals surface area contributed by atoms with Crippen LogP contribution in [0.15, 0.2) is 48.5 Å². The molecule has 0 aromatic heterocycles. The molecule has 1 heterocycles. The van der Waals surface area contributed by atoms with Gasteiger partial charge in [0.2, 0.25) is 5.91 Å². The van der Waals surface area contributed by atoms with E-state index < -0.39 is 0 Å². The number of rotatable bonds is 3. The molecule has 1 aliphatic rings. The van der Waals surface area contributed by atoms with Crippen molar-refractivity contribution in [2.75, 3.05) is 5.32 Å². The normalized spacial score (nSPS) is 17.8. The number of carbonyl (C=O) groups excluding carboxylic acids is 1. The van der Waals surface area contributed by atoms with Gasteiger partial charge in [0.1, 0.15) is 0 Å². The van der Waals surface area contributed by atoms with Crippen molar-refractivity contribution >= 4 is 11.6 Å². The maximum atomic E-state index is 12.5. The first-order valence-electron chi connectivity index (χ1n) is 7.75. The molecular weight excluding hydrogens is 258 g/mol. The van der Waals surface area contributed by atoms with Crippen LogP contribution in [0.1, 0.15) is 42.4 Å². The summed E-state index contributed by atoms with van der Waals surface area (Å²) in [4.78, 5) is 12.5. The number of hydrogen-bond acceptors (Lipinski definition) is 1. The van der Waals surface area contributed by atoms with Crippen LogP contribution < -0.4 is 5.32 Å². The number of amides is 1. The second-order valence-corrected chi connectivity index (χ2v) is 5.73. The van der Waals surface area contributed by atoms with Gasteiger partial charge in [-0.15, -0.1) is 0 Å². The SMILES string of the molecule is CCCc1ccc2c(c1)CCC(c1ccccc1)C(=O)N2. The Morgan fingerprint density at radius 1 is 1.14 bits per heavy atom. The zero-order chi connectivity index (χ0) is 14.7. The molecule has 2 aromatic carbocycles. The average molecular weight is 279 g/mol. The molecule has 1 aliphatic heterocycles. The van der Waals surface area contributed by atoms with E-state index in [4.69, 9.17) is 0 Å². The zero-order valence-corrected chi connectivity index (χ0v) is 12.4. The monoisotopic (exact) mass is 279 g/mol. The lowest BCUT2D eigenvalue weighted by atomic mass is 9.92. The first-order chi connectivity index (χ1) is 10.3. The minimum Gasteiger partial charge on any atom is -0.325 e. The molecule has 2 nitrogen and oxygen atoms in total. The third-order valence-electron chi connectivity index (χ3n) is 4.19. The Bertz CT molecular complexity index is 633. The van der Waals surface area contributed by atoms with Gasteiger partial charge in [-0.25, -0.2) is 0 Å². The van der Waals surface area contributed by atoms with Gasteiger partial charge in [0.15, 0.2) is 0 Å². The third-order valence-corrected chi connectivity index (χ3v) is 4.19. The highest BCUT2D eigenvalue weighted by atomic mass is 16.1. The second kappa shape index (κ2) is 6.13. The fourth-order valence-corrected chi connectivity index (χ4v) is 3.07. The van der Waals surface area contributed by atoms with E-state index in [1.807, 2.05) is 30.3 Å². The van der Waals surface area contributed by atoms with Gasteiger partial charge in [0.05, 0.1) is 5.92 Å². The van der Waals surface area contributed by atoms with Crippen molar-refractivity contribution in [3.63, 3.8) is 0 Å². The van der Waals surface area contributed by atoms with Crippen molar-refractivity contribution in [1.29, 1.82) is 0 Å². The molecule has 1 N–H and O–H groups in total. The van der Waals surface area contributed by atoms with E-state index in [0.717, 1.165) is 36.9 Å². The van der Waals surface area contributed by atoms with E-state index in [-0.39, 0.29) is 11.8 Å². The summed E-state index contributed by atoms with van der Waals surface area (Å²) in [6.07, 6.45) is 4.07. The summed E-state index contributed by atoms with van der Waals surface area (Å²) >= 11 is 0. The highest BCUT2D eigenvalue weighted by Crippen LogP contribution is 2.30. The van der Waals surface area contributed by atoms with Crippen LogP contribution in [0.2, 0.25) is 0 Å². The van der Waals surface area contributed by atoms with Crippen molar-refractivity contribution in [3.8, 4) is 0 Å². The van der Waals surface area contributed by atoms with Crippen molar-refractivity contribution in [2.45, 2.75) is 38.5 Å². The molecule has 0 radical (unpaired) electrons.